The summed E-state index contributed by atoms with van der Waals surface area (Å²) in [5.41, 5.74) is 5.50. The number of ether oxygens (including phenoxy) is 3. The number of carbonyl (C=O) groups is 2. The predicted octanol–water partition coefficient (Wildman–Crippen LogP) is 3.77. The van der Waals surface area contributed by atoms with Crippen molar-refractivity contribution in [3.8, 4) is 5.75 Å². The van der Waals surface area contributed by atoms with E-state index in [2.05, 4.69) is 0 Å². The molecule has 1 aliphatic rings. The number of hydrogen-bond acceptors (Lipinski definition) is 7. The van der Waals surface area contributed by atoms with Gasteiger partial charge in [0.15, 0.2) is 0 Å². The maximum atomic E-state index is 13.4. The van der Waals surface area contributed by atoms with E-state index in [1.165, 1.54) is 0 Å². The molecule has 3 N–H and O–H groups in total. The molecule has 1 fully saturated rings. The topological polar surface area (TPSA) is 108 Å². The molecule has 0 unspecified atom stereocenters. The first kappa shape index (κ1) is 26.1. The SMILES string of the molecule is COc1ccc([C@@H](O)[C@@H](C(=O)OC(C)(C)C)[C@H]2CCC[C@@H](N)[C@@H]2C(=O)OC(C)(C)C)cc1. The van der Waals surface area contributed by atoms with Crippen molar-refractivity contribution < 1.29 is 28.9 Å². The summed E-state index contributed by atoms with van der Waals surface area (Å²) in [4.78, 5) is 26.5. The molecule has 0 saturated heterocycles. The second-order valence-corrected chi connectivity index (χ2v) is 10.6. The monoisotopic (exact) mass is 449 g/mol. The van der Waals surface area contributed by atoms with Gasteiger partial charge in [0.25, 0.3) is 0 Å². The first-order valence-corrected chi connectivity index (χ1v) is 11.3. The summed E-state index contributed by atoms with van der Waals surface area (Å²) >= 11 is 0. The summed E-state index contributed by atoms with van der Waals surface area (Å²) in [6.45, 7) is 10.7. The molecule has 32 heavy (non-hydrogen) atoms. The molecule has 0 amide bonds. The molecule has 7 nitrogen and oxygen atoms in total. The minimum absolute atomic E-state index is 0.440. The fraction of sp³-hybridized carbons (Fsp3) is 0.680. The van der Waals surface area contributed by atoms with Crippen LogP contribution >= 0.6 is 0 Å². The van der Waals surface area contributed by atoms with Gasteiger partial charge in [0, 0.05) is 6.04 Å². The van der Waals surface area contributed by atoms with E-state index in [0.29, 0.717) is 24.2 Å². The molecule has 1 aliphatic carbocycles. The molecule has 7 heteroatoms. The highest BCUT2D eigenvalue weighted by Gasteiger charge is 2.48. The Kier molecular flexibility index (Phi) is 8.34. The van der Waals surface area contributed by atoms with E-state index in [1.807, 2.05) is 0 Å². The van der Waals surface area contributed by atoms with E-state index < -0.39 is 53.0 Å². The third kappa shape index (κ3) is 6.94. The third-order valence-electron chi connectivity index (χ3n) is 5.61. The van der Waals surface area contributed by atoms with Gasteiger partial charge in [-0.3, -0.25) is 9.59 Å². The van der Waals surface area contributed by atoms with Crippen LogP contribution in [0, 0.1) is 17.8 Å². The van der Waals surface area contributed by atoms with Gasteiger partial charge >= 0.3 is 11.9 Å². The summed E-state index contributed by atoms with van der Waals surface area (Å²) in [7, 11) is 1.56. The second-order valence-electron chi connectivity index (χ2n) is 10.6. The van der Waals surface area contributed by atoms with Gasteiger partial charge in [0.1, 0.15) is 17.0 Å². The lowest BCUT2D eigenvalue weighted by atomic mass is 9.67. The standard InChI is InChI=1S/C25H39NO6/c1-24(2,3)31-22(28)19-17(9-8-10-18(19)26)20(23(29)32-25(4,5)6)21(27)15-11-13-16(30-7)14-12-15/h11-14,17-21,27H,8-10,26H2,1-7H3/t17-,18+,19+,20-,21+/m0/s1. The molecule has 0 aliphatic heterocycles. The first-order valence-electron chi connectivity index (χ1n) is 11.3. The fourth-order valence-corrected chi connectivity index (χ4v) is 4.30. The van der Waals surface area contributed by atoms with E-state index in [1.54, 1.807) is 72.9 Å². The lowest BCUT2D eigenvalue weighted by molar-refractivity contribution is -0.175. The number of aliphatic hydroxyl groups is 1. The van der Waals surface area contributed by atoms with E-state index in [0.717, 1.165) is 6.42 Å². The second kappa shape index (κ2) is 10.2. The lowest BCUT2D eigenvalue weighted by Crippen LogP contribution is -2.50. The highest BCUT2D eigenvalue weighted by molar-refractivity contribution is 5.78. The fourth-order valence-electron chi connectivity index (χ4n) is 4.30. The molecular weight excluding hydrogens is 410 g/mol. The largest absolute Gasteiger partial charge is 0.497 e. The lowest BCUT2D eigenvalue weighted by Gasteiger charge is -2.41. The smallest absolute Gasteiger partial charge is 0.312 e. The Hall–Kier alpha value is -2.12. The Balaban J connectivity index is 2.46. The van der Waals surface area contributed by atoms with Crippen molar-refractivity contribution in [3.63, 3.8) is 0 Å². The summed E-state index contributed by atoms with van der Waals surface area (Å²) < 4.78 is 16.5. The van der Waals surface area contributed by atoms with Crippen molar-refractivity contribution >= 4 is 11.9 Å². The zero-order valence-corrected chi connectivity index (χ0v) is 20.4. The van der Waals surface area contributed by atoms with Gasteiger partial charge in [-0.25, -0.2) is 0 Å². The molecule has 0 spiro atoms. The normalized spacial score (nSPS) is 23.7. The average molecular weight is 450 g/mol. The molecule has 2 rings (SSSR count). The number of methoxy groups -OCH3 is 1. The number of nitrogens with two attached hydrogens (primary N) is 1. The van der Waals surface area contributed by atoms with E-state index in [-0.39, 0.29) is 0 Å². The number of esters is 2. The van der Waals surface area contributed by atoms with Gasteiger partial charge in [-0.2, -0.15) is 0 Å². The van der Waals surface area contributed by atoms with Gasteiger partial charge in [0.2, 0.25) is 0 Å². The molecule has 0 bridgehead atoms. The van der Waals surface area contributed by atoms with Crippen LogP contribution in [0.4, 0.5) is 0 Å². The van der Waals surface area contributed by atoms with Crippen molar-refractivity contribution in [2.75, 3.05) is 7.11 Å². The maximum absolute atomic E-state index is 13.4. The van der Waals surface area contributed by atoms with Crippen LogP contribution in [-0.4, -0.2) is 41.4 Å². The van der Waals surface area contributed by atoms with Crippen LogP contribution in [-0.2, 0) is 19.1 Å². The summed E-state index contributed by atoms with van der Waals surface area (Å²) in [6, 6.07) is 6.42. The molecule has 1 aromatic carbocycles. The Bertz CT molecular complexity index is 777. The molecule has 1 aromatic rings. The third-order valence-corrected chi connectivity index (χ3v) is 5.61. The maximum Gasteiger partial charge on any atom is 0.312 e. The van der Waals surface area contributed by atoms with Crippen LogP contribution in [0.25, 0.3) is 0 Å². The van der Waals surface area contributed by atoms with Crippen molar-refractivity contribution in [2.45, 2.75) is 84.2 Å². The molecule has 0 radical (unpaired) electrons. The van der Waals surface area contributed by atoms with Crippen LogP contribution in [0.2, 0.25) is 0 Å². The summed E-state index contributed by atoms with van der Waals surface area (Å²) in [6.07, 6.45) is 0.796. The van der Waals surface area contributed by atoms with Crippen LogP contribution < -0.4 is 10.5 Å². The zero-order chi connectivity index (χ0) is 24.3. The Labute approximate surface area is 191 Å². The zero-order valence-electron chi connectivity index (χ0n) is 20.4. The van der Waals surface area contributed by atoms with Crippen molar-refractivity contribution in [3.05, 3.63) is 29.8 Å². The number of rotatable bonds is 6. The number of benzene rings is 1. The highest BCUT2D eigenvalue weighted by Crippen LogP contribution is 2.42. The summed E-state index contributed by atoms with van der Waals surface area (Å²) in [5.74, 6) is -2.54. The average Bonchev–Trinajstić information content (AvgIpc) is 2.65. The van der Waals surface area contributed by atoms with Crippen molar-refractivity contribution in [2.24, 2.45) is 23.5 Å². The molecule has 5 atom stereocenters. The van der Waals surface area contributed by atoms with Gasteiger partial charge in [0.05, 0.1) is 25.0 Å². The first-order chi connectivity index (χ1) is 14.7. The molecule has 180 valence electrons. The quantitative estimate of drug-likeness (QED) is 0.636. The molecule has 0 heterocycles. The molecule has 0 aromatic heterocycles. The highest BCUT2D eigenvalue weighted by atomic mass is 16.6. The minimum Gasteiger partial charge on any atom is -0.497 e. The van der Waals surface area contributed by atoms with Crippen molar-refractivity contribution in [1.82, 2.24) is 0 Å². The van der Waals surface area contributed by atoms with Gasteiger partial charge in [-0.1, -0.05) is 18.6 Å². The van der Waals surface area contributed by atoms with E-state index >= 15 is 0 Å². The Morgan fingerprint density at radius 3 is 2.06 bits per heavy atom. The van der Waals surface area contributed by atoms with Crippen LogP contribution in [0.1, 0.15) is 72.5 Å². The van der Waals surface area contributed by atoms with Crippen LogP contribution in [0.5, 0.6) is 5.75 Å². The van der Waals surface area contributed by atoms with Crippen LogP contribution in [0.15, 0.2) is 24.3 Å². The summed E-state index contributed by atoms with van der Waals surface area (Å²) in [5, 5.41) is 11.3. The van der Waals surface area contributed by atoms with Crippen LogP contribution in [0.3, 0.4) is 0 Å². The number of carbonyl (C=O) groups excluding carboxylic acids is 2. The van der Waals surface area contributed by atoms with Gasteiger partial charge < -0.3 is 25.1 Å². The minimum atomic E-state index is -1.17. The van der Waals surface area contributed by atoms with E-state index in [4.69, 9.17) is 19.9 Å². The van der Waals surface area contributed by atoms with Crippen molar-refractivity contribution in [1.29, 1.82) is 0 Å². The number of hydrogen-bond donors (Lipinski definition) is 2. The molecular formula is C25H39NO6. The molecule has 1 saturated carbocycles. The predicted molar refractivity (Wildman–Crippen MR) is 122 cm³/mol. The van der Waals surface area contributed by atoms with Gasteiger partial charge in [-0.15, -0.1) is 0 Å². The Morgan fingerprint density at radius 2 is 1.56 bits per heavy atom. The number of aliphatic hydroxyl groups excluding tert-OH is 1. The Morgan fingerprint density at radius 1 is 1.00 bits per heavy atom. The van der Waals surface area contributed by atoms with Gasteiger partial charge in [-0.05, 0) is 78.0 Å². The van der Waals surface area contributed by atoms with E-state index in [9.17, 15) is 14.7 Å².